The summed E-state index contributed by atoms with van der Waals surface area (Å²) in [6.45, 7) is 6.51. The van der Waals surface area contributed by atoms with Crippen LogP contribution in [0.15, 0.2) is 36.5 Å². The smallest absolute Gasteiger partial charge is 0.306 e. The molecule has 3 unspecified atom stereocenters. The molecule has 0 aromatic heterocycles. The lowest BCUT2D eigenvalue weighted by Crippen LogP contribution is -2.46. The van der Waals surface area contributed by atoms with Gasteiger partial charge in [0.05, 0.1) is 25.2 Å². The molecule has 0 aromatic rings. The molecule has 1 amide bonds. The minimum Gasteiger partial charge on any atom is -0.462 e. The largest absolute Gasteiger partial charge is 0.462 e. The van der Waals surface area contributed by atoms with Gasteiger partial charge in [0, 0.05) is 6.42 Å². The van der Waals surface area contributed by atoms with Crippen LogP contribution >= 0.6 is 0 Å². The Morgan fingerprint density at radius 3 is 1.15 bits per heavy atom. The zero-order chi connectivity index (χ0) is 49.5. The maximum absolute atomic E-state index is 13.3. The molecule has 3 N–H and O–H groups in total. The van der Waals surface area contributed by atoms with Crippen LogP contribution in [-0.4, -0.2) is 46.9 Å². The Balaban J connectivity index is 4.56. The van der Waals surface area contributed by atoms with E-state index >= 15 is 0 Å². The fraction of sp³-hybridized carbons (Fsp3) is 0.871. The second-order valence-corrected chi connectivity index (χ2v) is 20.8. The lowest BCUT2D eigenvalue weighted by Gasteiger charge is -2.24. The highest BCUT2D eigenvalue weighted by Crippen LogP contribution is 2.18. The third-order valence-corrected chi connectivity index (χ3v) is 14.0. The summed E-state index contributed by atoms with van der Waals surface area (Å²) in [4.78, 5) is 26.3. The van der Waals surface area contributed by atoms with Crippen LogP contribution in [0.2, 0.25) is 0 Å². The second kappa shape index (κ2) is 56.0. The van der Waals surface area contributed by atoms with Crippen molar-refractivity contribution in [3.05, 3.63) is 36.5 Å². The van der Waals surface area contributed by atoms with Crippen LogP contribution in [0, 0.1) is 0 Å². The quantitative estimate of drug-likeness (QED) is 0.0244. The molecule has 68 heavy (non-hydrogen) atoms. The number of esters is 1. The van der Waals surface area contributed by atoms with Gasteiger partial charge in [-0.1, -0.05) is 269 Å². The van der Waals surface area contributed by atoms with Gasteiger partial charge in [-0.15, -0.1) is 0 Å². The maximum atomic E-state index is 13.3. The van der Waals surface area contributed by atoms with Crippen LogP contribution in [0.4, 0.5) is 0 Å². The molecule has 0 aliphatic rings. The predicted molar refractivity (Wildman–Crippen MR) is 296 cm³/mol. The standard InChI is InChI=1S/C62H117NO5/c1-4-7-10-13-16-19-22-25-28-30-31-32-34-37-40-43-46-49-52-55-62(67)68-58(53-50-47-44-41-38-35-33-29-26-23-20-17-14-11-8-5-2)56-61(66)63-59(57-64)60(65)54-51-48-45-42-39-36-27-24-21-18-15-12-9-6-3/h25,28-29,33,35,38,58-60,64-65H,4-24,26-27,30-32,34,36-37,39-57H2,1-3H3,(H,63,66)/b28-25+,33-29+,38-35+. The first-order valence-electron chi connectivity index (χ1n) is 30.2. The summed E-state index contributed by atoms with van der Waals surface area (Å²) in [7, 11) is 0. The van der Waals surface area contributed by atoms with Crippen molar-refractivity contribution in [2.75, 3.05) is 6.61 Å². The second-order valence-electron chi connectivity index (χ2n) is 20.8. The first-order chi connectivity index (χ1) is 33.5. The Labute approximate surface area is 424 Å². The molecule has 0 heterocycles. The van der Waals surface area contributed by atoms with Crippen molar-refractivity contribution >= 4 is 11.9 Å². The minimum atomic E-state index is -0.794. The predicted octanol–water partition coefficient (Wildman–Crippen LogP) is 18.8. The monoisotopic (exact) mass is 956 g/mol. The Morgan fingerprint density at radius 2 is 0.750 bits per heavy atom. The molecular weight excluding hydrogens is 839 g/mol. The van der Waals surface area contributed by atoms with Gasteiger partial charge in [-0.25, -0.2) is 0 Å². The van der Waals surface area contributed by atoms with Crippen molar-refractivity contribution in [3.63, 3.8) is 0 Å². The van der Waals surface area contributed by atoms with Gasteiger partial charge < -0.3 is 20.3 Å². The number of carbonyl (C=O) groups is 2. The molecule has 0 aliphatic carbocycles. The summed E-state index contributed by atoms with van der Waals surface area (Å²) in [5.41, 5.74) is 0. The molecule has 400 valence electrons. The maximum Gasteiger partial charge on any atom is 0.306 e. The van der Waals surface area contributed by atoms with Crippen LogP contribution in [-0.2, 0) is 14.3 Å². The molecule has 6 heteroatoms. The minimum absolute atomic E-state index is 0.0622. The first-order valence-corrected chi connectivity index (χ1v) is 30.2. The molecule has 0 saturated carbocycles. The SMILES string of the molecule is CCCCCCCC/C=C/CCCCCCCCCCCC(=O)OC(CCCCC/C=C/C=C/CCCCCCCCC)CC(=O)NC(CO)C(O)CCCCCCCCCCCCCCCC. The highest BCUT2D eigenvalue weighted by Gasteiger charge is 2.24. The van der Waals surface area contributed by atoms with E-state index in [0.717, 1.165) is 70.6 Å². The summed E-state index contributed by atoms with van der Waals surface area (Å²) in [6.07, 6.45) is 67.9. The molecule has 0 aromatic carbocycles. The van der Waals surface area contributed by atoms with Crippen molar-refractivity contribution in [2.24, 2.45) is 0 Å². The Morgan fingerprint density at radius 1 is 0.426 bits per heavy atom. The first kappa shape index (κ1) is 66.1. The molecule has 3 atom stereocenters. The van der Waals surface area contributed by atoms with Gasteiger partial charge >= 0.3 is 5.97 Å². The van der Waals surface area contributed by atoms with Gasteiger partial charge in [-0.3, -0.25) is 9.59 Å². The Hall–Kier alpha value is -1.92. The zero-order valence-electron chi connectivity index (χ0n) is 45.8. The van der Waals surface area contributed by atoms with E-state index in [4.69, 9.17) is 4.74 Å². The van der Waals surface area contributed by atoms with Gasteiger partial charge in [-0.05, 0) is 77.0 Å². The number of allylic oxidation sites excluding steroid dienone is 6. The van der Waals surface area contributed by atoms with Crippen molar-refractivity contribution in [2.45, 2.75) is 341 Å². The molecular formula is C62H117NO5. The number of carbonyl (C=O) groups excluding carboxylic acids is 2. The van der Waals surface area contributed by atoms with Gasteiger partial charge in [0.1, 0.15) is 6.10 Å². The molecule has 0 radical (unpaired) electrons. The highest BCUT2D eigenvalue weighted by molar-refractivity contribution is 5.77. The van der Waals surface area contributed by atoms with Crippen molar-refractivity contribution in [1.29, 1.82) is 0 Å². The van der Waals surface area contributed by atoms with Gasteiger partial charge in [0.2, 0.25) is 5.91 Å². The third-order valence-electron chi connectivity index (χ3n) is 14.0. The normalized spacial score (nSPS) is 13.3. The van der Waals surface area contributed by atoms with E-state index in [0.29, 0.717) is 19.3 Å². The Bertz CT molecular complexity index is 1120. The number of unbranched alkanes of at least 4 members (excludes halogenated alkanes) is 38. The van der Waals surface area contributed by atoms with Crippen LogP contribution in [0.3, 0.4) is 0 Å². The van der Waals surface area contributed by atoms with Crippen molar-refractivity contribution < 1.29 is 24.5 Å². The zero-order valence-corrected chi connectivity index (χ0v) is 45.8. The van der Waals surface area contributed by atoms with E-state index in [1.165, 1.54) is 205 Å². The number of amides is 1. The van der Waals surface area contributed by atoms with E-state index in [1.807, 2.05) is 0 Å². The van der Waals surface area contributed by atoms with E-state index < -0.39 is 18.2 Å². The van der Waals surface area contributed by atoms with Crippen LogP contribution in [0.25, 0.3) is 0 Å². The van der Waals surface area contributed by atoms with E-state index in [9.17, 15) is 19.8 Å². The van der Waals surface area contributed by atoms with E-state index in [2.05, 4.69) is 62.5 Å². The average Bonchev–Trinajstić information content (AvgIpc) is 3.33. The van der Waals surface area contributed by atoms with Crippen LogP contribution < -0.4 is 5.32 Å². The van der Waals surface area contributed by atoms with E-state index in [1.54, 1.807) is 0 Å². The number of hydrogen-bond acceptors (Lipinski definition) is 5. The number of rotatable bonds is 55. The number of aliphatic hydroxyl groups is 2. The molecule has 0 aliphatic heterocycles. The van der Waals surface area contributed by atoms with Crippen molar-refractivity contribution in [3.8, 4) is 0 Å². The highest BCUT2D eigenvalue weighted by atomic mass is 16.5. The third kappa shape index (κ3) is 50.5. The summed E-state index contributed by atoms with van der Waals surface area (Å²) >= 11 is 0. The summed E-state index contributed by atoms with van der Waals surface area (Å²) in [5.74, 6) is -0.486. The lowest BCUT2D eigenvalue weighted by molar-refractivity contribution is -0.151. The van der Waals surface area contributed by atoms with Crippen molar-refractivity contribution in [1.82, 2.24) is 5.32 Å². The number of hydrogen-bond donors (Lipinski definition) is 3. The average molecular weight is 957 g/mol. The molecule has 0 fully saturated rings. The summed E-state index contributed by atoms with van der Waals surface area (Å²) in [6, 6.07) is -0.709. The molecule has 0 spiro atoms. The number of ether oxygens (including phenoxy) is 1. The molecule has 0 saturated heterocycles. The Kier molecular flexibility index (Phi) is 54.4. The lowest BCUT2D eigenvalue weighted by atomic mass is 10.0. The molecule has 6 nitrogen and oxygen atoms in total. The fourth-order valence-corrected chi connectivity index (χ4v) is 9.36. The van der Waals surface area contributed by atoms with Gasteiger partial charge in [0.25, 0.3) is 0 Å². The number of nitrogens with one attached hydrogen (secondary N) is 1. The summed E-state index contributed by atoms with van der Waals surface area (Å²) < 4.78 is 5.96. The fourth-order valence-electron chi connectivity index (χ4n) is 9.36. The number of aliphatic hydroxyl groups excluding tert-OH is 2. The topological polar surface area (TPSA) is 95.9 Å². The summed E-state index contributed by atoms with van der Waals surface area (Å²) in [5, 5.41) is 23.9. The van der Waals surface area contributed by atoms with Crippen LogP contribution in [0.1, 0.15) is 323 Å². The van der Waals surface area contributed by atoms with Gasteiger partial charge in [-0.2, -0.15) is 0 Å². The van der Waals surface area contributed by atoms with E-state index in [-0.39, 0.29) is 24.9 Å². The molecule has 0 bridgehead atoms. The van der Waals surface area contributed by atoms with Crippen LogP contribution in [0.5, 0.6) is 0 Å². The molecule has 0 rings (SSSR count). The van der Waals surface area contributed by atoms with Gasteiger partial charge in [0.15, 0.2) is 0 Å².